The van der Waals surface area contributed by atoms with Crippen molar-refractivity contribution in [2.45, 2.75) is 0 Å². The monoisotopic (exact) mass is 1280 g/mol. The maximum Gasteiger partial charge on any atom is 0.160 e. The number of para-hydroxylation sites is 2. The quantitative estimate of drug-likeness (QED) is 0.110. The lowest BCUT2D eigenvalue weighted by atomic mass is 9.91. The van der Waals surface area contributed by atoms with Crippen LogP contribution in [0, 0.1) is 0 Å². The van der Waals surface area contributed by atoms with Gasteiger partial charge < -0.3 is 0 Å². The second kappa shape index (κ2) is 26.9. The van der Waals surface area contributed by atoms with E-state index in [4.69, 9.17) is 24.9 Å². The predicted molar refractivity (Wildman–Crippen MR) is 408 cm³/mol. The van der Waals surface area contributed by atoms with Crippen molar-refractivity contribution in [3.05, 3.63) is 359 Å². The Bertz CT molecular complexity index is 5500. The average molecular weight is 1280 g/mol. The molecular formula is C91H59N9. The third-order valence-corrected chi connectivity index (χ3v) is 18.3. The van der Waals surface area contributed by atoms with Crippen LogP contribution in [0.1, 0.15) is 0 Å². The average Bonchev–Trinajstić information content (AvgIpc) is 0.752. The van der Waals surface area contributed by atoms with Gasteiger partial charge in [0.2, 0.25) is 0 Å². The van der Waals surface area contributed by atoms with E-state index in [1.807, 2.05) is 122 Å². The smallest absolute Gasteiger partial charge is 0.160 e. The highest BCUT2D eigenvalue weighted by Gasteiger charge is 2.19. The first-order valence-corrected chi connectivity index (χ1v) is 33.3. The first kappa shape index (κ1) is 60.1. The molecule has 0 unspecified atom stereocenters. The third-order valence-electron chi connectivity index (χ3n) is 18.3. The largest absolute Gasteiger partial charge is 0.265 e. The van der Waals surface area contributed by atoms with Crippen molar-refractivity contribution in [2.24, 2.45) is 0 Å². The summed E-state index contributed by atoms with van der Waals surface area (Å²) in [6.45, 7) is 0. The van der Waals surface area contributed by atoms with Crippen LogP contribution in [0.15, 0.2) is 359 Å². The van der Waals surface area contributed by atoms with E-state index in [9.17, 15) is 0 Å². The molecule has 0 bridgehead atoms. The maximum atomic E-state index is 5.12. The molecule has 0 atom stereocenters. The fourth-order valence-corrected chi connectivity index (χ4v) is 13.4. The number of rotatable bonds is 12. The van der Waals surface area contributed by atoms with Crippen molar-refractivity contribution in [1.29, 1.82) is 0 Å². The molecule has 468 valence electrons. The third kappa shape index (κ3) is 12.1. The summed E-state index contributed by atoms with van der Waals surface area (Å²) in [5.74, 6) is 0.712. The molecule has 0 saturated carbocycles. The Labute approximate surface area is 578 Å². The van der Waals surface area contributed by atoms with Crippen molar-refractivity contribution in [3.63, 3.8) is 0 Å². The zero-order valence-corrected chi connectivity index (χ0v) is 54.1. The van der Waals surface area contributed by atoms with Crippen LogP contribution in [0.2, 0.25) is 0 Å². The van der Waals surface area contributed by atoms with E-state index in [-0.39, 0.29) is 0 Å². The fourth-order valence-electron chi connectivity index (χ4n) is 13.4. The van der Waals surface area contributed by atoms with Crippen LogP contribution in [0.4, 0.5) is 0 Å². The lowest BCUT2D eigenvalue weighted by Gasteiger charge is -2.15. The molecule has 0 radical (unpaired) electrons. The second-order valence-corrected chi connectivity index (χ2v) is 24.4. The molecule has 0 aliphatic rings. The van der Waals surface area contributed by atoms with E-state index >= 15 is 0 Å². The number of benzene rings is 10. The molecule has 0 aliphatic heterocycles. The molecule has 8 heterocycles. The Morgan fingerprint density at radius 2 is 0.560 bits per heavy atom. The Balaban J connectivity index is 0.000000150. The highest BCUT2D eigenvalue weighted by Crippen LogP contribution is 2.43. The lowest BCUT2D eigenvalue weighted by Crippen LogP contribution is -1.95. The highest BCUT2D eigenvalue weighted by molar-refractivity contribution is 6.18. The molecule has 0 saturated heterocycles. The molecule has 0 fully saturated rings. The van der Waals surface area contributed by atoms with Crippen molar-refractivity contribution in [2.75, 3.05) is 0 Å². The Morgan fingerprint density at radius 3 is 1.03 bits per heavy atom. The summed E-state index contributed by atoms with van der Waals surface area (Å²) in [7, 11) is 0. The first-order chi connectivity index (χ1) is 49.6. The highest BCUT2D eigenvalue weighted by atomic mass is 14.9. The molecule has 8 aromatic heterocycles. The van der Waals surface area contributed by atoms with E-state index in [0.29, 0.717) is 5.82 Å². The van der Waals surface area contributed by atoms with E-state index in [1.165, 1.54) is 21.9 Å². The predicted octanol–water partition coefficient (Wildman–Crippen LogP) is 22.5. The van der Waals surface area contributed by atoms with Gasteiger partial charge in [-0.05, 0) is 147 Å². The van der Waals surface area contributed by atoms with Gasteiger partial charge in [0.05, 0.1) is 56.6 Å². The Morgan fingerprint density at radius 1 is 0.180 bits per heavy atom. The number of hydrogen-bond donors (Lipinski definition) is 0. The molecule has 0 aliphatic carbocycles. The van der Waals surface area contributed by atoms with E-state index in [2.05, 4.69) is 244 Å². The molecule has 18 aromatic rings. The minimum Gasteiger partial charge on any atom is -0.265 e. The van der Waals surface area contributed by atoms with Gasteiger partial charge in [-0.15, -0.1) is 0 Å². The number of aromatic nitrogens is 9. The van der Waals surface area contributed by atoms with Crippen molar-refractivity contribution in [3.8, 4) is 135 Å². The molecule has 100 heavy (non-hydrogen) atoms. The fraction of sp³-hybridized carbons (Fsp3) is 0. The van der Waals surface area contributed by atoms with Crippen LogP contribution < -0.4 is 0 Å². The summed E-state index contributed by atoms with van der Waals surface area (Å²) < 4.78 is 0. The van der Waals surface area contributed by atoms with E-state index in [0.717, 1.165) is 150 Å². The van der Waals surface area contributed by atoms with Gasteiger partial charge >= 0.3 is 0 Å². The zero-order valence-electron chi connectivity index (χ0n) is 54.1. The van der Waals surface area contributed by atoms with Crippen LogP contribution in [-0.4, -0.2) is 44.9 Å². The van der Waals surface area contributed by atoms with Crippen molar-refractivity contribution in [1.82, 2.24) is 44.9 Å². The topological polar surface area (TPSA) is 116 Å². The maximum absolute atomic E-state index is 5.12. The van der Waals surface area contributed by atoms with Gasteiger partial charge in [0, 0.05) is 97.3 Å². The van der Waals surface area contributed by atoms with Gasteiger partial charge in [0.1, 0.15) is 0 Å². The number of pyridine rings is 7. The summed E-state index contributed by atoms with van der Waals surface area (Å²) in [6, 6.07) is 112. The standard InChI is InChI=1S/C46H30N4.C45H29N5/c1-3-11-32(12-4-1)42-30-43(50-46(49-42)35-13-5-2-6-14-35)33-23-21-31(22-24-33)36-15-9-16-37(29-36)38-18-10-19-40-44(38)39-17-7-8-20-41(39)48-45(40)34-25-27-47-28-26-34;1-2-14-39-37(11-1)44-36(12-8-13-38(44)45(50-39)32-21-25-46-26-22-32)34-10-7-9-33(27-34)30-17-19-31(20-18-30)35-28-42(40-15-3-5-23-47-40)49-43(29-35)41-16-4-6-24-48-41/h1-30H;1-29H. The lowest BCUT2D eigenvalue weighted by molar-refractivity contribution is 1.18. The number of fused-ring (bicyclic) bond motifs is 6. The Kier molecular flexibility index (Phi) is 16.1. The number of hydrogen-bond acceptors (Lipinski definition) is 9. The molecule has 0 N–H and O–H groups in total. The van der Waals surface area contributed by atoms with E-state index in [1.54, 1.807) is 12.4 Å². The number of nitrogens with zero attached hydrogens (tertiary/aromatic N) is 9. The van der Waals surface area contributed by atoms with Crippen molar-refractivity contribution >= 4 is 43.4 Å². The zero-order chi connectivity index (χ0) is 66.6. The summed E-state index contributed by atoms with van der Waals surface area (Å²) in [4.78, 5) is 42.7. The van der Waals surface area contributed by atoms with Gasteiger partial charge in [-0.25, -0.2) is 24.9 Å². The minimum absolute atomic E-state index is 0.712. The van der Waals surface area contributed by atoms with Gasteiger partial charge in [-0.1, -0.05) is 231 Å². The normalized spacial score (nSPS) is 11.2. The molecule has 0 amide bonds. The van der Waals surface area contributed by atoms with E-state index < -0.39 is 0 Å². The van der Waals surface area contributed by atoms with Crippen LogP contribution in [-0.2, 0) is 0 Å². The van der Waals surface area contributed by atoms with Gasteiger partial charge in [-0.2, -0.15) is 0 Å². The Hall–Kier alpha value is -13.6. The first-order valence-electron chi connectivity index (χ1n) is 33.3. The molecule has 9 heteroatoms. The van der Waals surface area contributed by atoms with Gasteiger partial charge in [0.15, 0.2) is 5.82 Å². The SMILES string of the molecule is c1ccc(-c2cc(-c3ccc(-c4cccc(-c5cccc6c(-c7ccncc7)nc7ccccc7c56)c4)cc3)cc(-c3ccccn3)n2)nc1.c1ccc(-c2cc(-c3ccc(-c4cccc(-c5cccc6c(-c7ccncc7)nc7ccccc7c56)c4)cc3)nc(-c3ccccc3)n2)cc1. The summed E-state index contributed by atoms with van der Waals surface area (Å²) >= 11 is 0. The van der Waals surface area contributed by atoms with Gasteiger partial charge in [0.25, 0.3) is 0 Å². The second-order valence-electron chi connectivity index (χ2n) is 24.4. The van der Waals surface area contributed by atoms with Crippen molar-refractivity contribution < 1.29 is 0 Å². The summed E-state index contributed by atoms with van der Waals surface area (Å²) in [5, 5.41) is 6.91. The minimum atomic E-state index is 0.712. The molecule has 9 nitrogen and oxygen atoms in total. The molecule has 0 spiro atoms. The molecule has 10 aromatic carbocycles. The summed E-state index contributed by atoms with van der Waals surface area (Å²) in [5.41, 5.74) is 25.5. The van der Waals surface area contributed by atoms with Crippen LogP contribution in [0.5, 0.6) is 0 Å². The van der Waals surface area contributed by atoms with Gasteiger partial charge in [-0.3, -0.25) is 19.9 Å². The van der Waals surface area contributed by atoms with Crippen LogP contribution >= 0.6 is 0 Å². The van der Waals surface area contributed by atoms with Crippen LogP contribution in [0.3, 0.4) is 0 Å². The summed E-state index contributed by atoms with van der Waals surface area (Å²) in [6.07, 6.45) is 10.9. The van der Waals surface area contributed by atoms with Crippen LogP contribution in [0.25, 0.3) is 178 Å². The molecule has 18 rings (SSSR count). The molecular weight excluding hydrogens is 1220 g/mol.